The standard InChI is InChI=1S/C20H22N4O3S/c1-2-9-25-19-10-15(27-23-19)13-24-7-4-14(5-8-24)26-18-3-6-22-17-11-16(12-21)28-20(17)18/h2-3,6,10,14,16H,1,4-5,7-9,11,13H2. The van der Waals surface area contributed by atoms with Gasteiger partial charge in [0.1, 0.15) is 23.7 Å². The fraction of sp³-hybridized carbons (Fsp3) is 0.450. The van der Waals surface area contributed by atoms with E-state index in [2.05, 4.69) is 27.7 Å². The second-order valence-electron chi connectivity index (χ2n) is 6.85. The summed E-state index contributed by atoms with van der Waals surface area (Å²) >= 11 is 1.57. The lowest BCUT2D eigenvalue weighted by Crippen LogP contribution is -2.37. The molecule has 1 fully saturated rings. The Labute approximate surface area is 168 Å². The molecule has 0 radical (unpaired) electrons. The number of ether oxygens (including phenoxy) is 2. The molecule has 7 nitrogen and oxygen atoms in total. The molecule has 0 spiro atoms. The van der Waals surface area contributed by atoms with E-state index in [4.69, 9.17) is 14.0 Å². The van der Waals surface area contributed by atoms with Crippen molar-refractivity contribution < 1.29 is 14.0 Å². The van der Waals surface area contributed by atoms with Crippen molar-refractivity contribution in [1.82, 2.24) is 15.0 Å². The van der Waals surface area contributed by atoms with Crippen molar-refractivity contribution in [2.75, 3.05) is 19.7 Å². The SMILES string of the molecule is C=CCOc1cc(CN2CCC(Oc3ccnc4c3SC(C#N)C4)CC2)on1. The molecule has 0 amide bonds. The van der Waals surface area contributed by atoms with Crippen molar-refractivity contribution >= 4 is 11.8 Å². The molecular weight excluding hydrogens is 376 g/mol. The molecule has 146 valence electrons. The van der Waals surface area contributed by atoms with Crippen molar-refractivity contribution in [1.29, 1.82) is 5.26 Å². The summed E-state index contributed by atoms with van der Waals surface area (Å²) in [7, 11) is 0. The van der Waals surface area contributed by atoms with Crippen molar-refractivity contribution in [3.63, 3.8) is 0 Å². The zero-order valence-electron chi connectivity index (χ0n) is 15.5. The fourth-order valence-corrected chi connectivity index (χ4v) is 4.52. The number of piperidine rings is 1. The highest BCUT2D eigenvalue weighted by Crippen LogP contribution is 2.42. The van der Waals surface area contributed by atoms with Gasteiger partial charge in [0, 0.05) is 31.8 Å². The third-order valence-electron chi connectivity index (χ3n) is 4.82. The maximum Gasteiger partial charge on any atom is 0.254 e. The average molecular weight is 398 g/mol. The minimum Gasteiger partial charge on any atom is -0.489 e. The molecule has 1 atom stereocenters. The molecule has 2 aliphatic rings. The number of likely N-dealkylation sites (tertiary alicyclic amines) is 1. The Morgan fingerprint density at radius 2 is 2.29 bits per heavy atom. The summed E-state index contributed by atoms with van der Waals surface area (Å²) in [6.07, 6.45) is 6.21. The second kappa shape index (κ2) is 8.67. The Balaban J connectivity index is 1.29. The van der Waals surface area contributed by atoms with Gasteiger partial charge in [-0.25, -0.2) is 0 Å². The first-order chi connectivity index (χ1) is 13.7. The summed E-state index contributed by atoms with van der Waals surface area (Å²) in [5.74, 6) is 2.16. The number of rotatable bonds is 7. The Morgan fingerprint density at radius 1 is 1.43 bits per heavy atom. The van der Waals surface area contributed by atoms with E-state index >= 15 is 0 Å². The van der Waals surface area contributed by atoms with Gasteiger partial charge in [0.25, 0.3) is 5.88 Å². The smallest absolute Gasteiger partial charge is 0.254 e. The summed E-state index contributed by atoms with van der Waals surface area (Å²) in [5, 5.41) is 13.0. The molecule has 0 bridgehead atoms. The van der Waals surface area contributed by atoms with E-state index in [-0.39, 0.29) is 11.4 Å². The topological polar surface area (TPSA) is 84.4 Å². The molecule has 4 rings (SSSR count). The van der Waals surface area contributed by atoms with Crippen molar-refractivity contribution in [2.45, 2.75) is 42.1 Å². The van der Waals surface area contributed by atoms with Gasteiger partial charge in [-0.15, -0.1) is 11.8 Å². The molecule has 8 heteroatoms. The predicted molar refractivity (Wildman–Crippen MR) is 104 cm³/mol. The summed E-state index contributed by atoms with van der Waals surface area (Å²) < 4.78 is 17.0. The van der Waals surface area contributed by atoms with Gasteiger partial charge in [0.05, 0.1) is 23.2 Å². The Morgan fingerprint density at radius 3 is 3.07 bits per heavy atom. The van der Waals surface area contributed by atoms with Crippen LogP contribution in [0.5, 0.6) is 11.6 Å². The van der Waals surface area contributed by atoms with Gasteiger partial charge in [0.2, 0.25) is 0 Å². The van der Waals surface area contributed by atoms with E-state index in [0.717, 1.165) is 48.0 Å². The third kappa shape index (κ3) is 4.32. The van der Waals surface area contributed by atoms with Gasteiger partial charge in [-0.2, -0.15) is 5.26 Å². The van der Waals surface area contributed by atoms with Gasteiger partial charge in [0.15, 0.2) is 5.76 Å². The molecule has 0 aromatic carbocycles. The van der Waals surface area contributed by atoms with Crippen LogP contribution in [-0.4, -0.2) is 46.1 Å². The Kier molecular flexibility index (Phi) is 5.84. The summed E-state index contributed by atoms with van der Waals surface area (Å²) in [5.41, 5.74) is 0.978. The molecule has 1 unspecified atom stereocenters. The van der Waals surface area contributed by atoms with Crippen LogP contribution in [0.4, 0.5) is 0 Å². The van der Waals surface area contributed by atoms with Crippen LogP contribution >= 0.6 is 11.8 Å². The molecule has 2 aliphatic heterocycles. The Bertz CT molecular complexity index is 871. The molecule has 0 aliphatic carbocycles. The maximum absolute atomic E-state index is 9.18. The highest BCUT2D eigenvalue weighted by atomic mass is 32.2. The molecule has 1 saturated heterocycles. The molecule has 0 N–H and O–H groups in total. The number of nitriles is 1. The summed E-state index contributed by atoms with van der Waals surface area (Å²) in [6, 6.07) is 6.06. The van der Waals surface area contributed by atoms with Crippen LogP contribution in [0.3, 0.4) is 0 Å². The first-order valence-corrected chi connectivity index (χ1v) is 10.3. The lowest BCUT2D eigenvalue weighted by Gasteiger charge is -2.31. The summed E-state index contributed by atoms with van der Waals surface area (Å²) in [4.78, 5) is 7.76. The molecule has 2 aromatic heterocycles. The van der Waals surface area contributed by atoms with Crippen LogP contribution in [0.15, 0.2) is 40.4 Å². The number of hydrogen-bond donors (Lipinski definition) is 0. The first-order valence-electron chi connectivity index (χ1n) is 9.37. The van der Waals surface area contributed by atoms with Crippen molar-refractivity contribution in [3.8, 4) is 17.7 Å². The van der Waals surface area contributed by atoms with Gasteiger partial charge in [-0.1, -0.05) is 12.7 Å². The van der Waals surface area contributed by atoms with E-state index in [1.807, 2.05) is 12.1 Å². The molecular formula is C20H22N4O3S. The van der Waals surface area contributed by atoms with Crippen LogP contribution in [0.1, 0.15) is 24.3 Å². The fourth-order valence-electron chi connectivity index (χ4n) is 3.43. The third-order valence-corrected chi connectivity index (χ3v) is 6.05. The van der Waals surface area contributed by atoms with Crippen LogP contribution < -0.4 is 9.47 Å². The average Bonchev–Trinajstić information content (AvgIpc) is 3.35. The normalized spacial score (nSPS) is 19.8. The van der Waals surface area contributed by atoms with E-state index in [0.29, 0.717) is 25.5 Å². The van der Waals surface area contributed by atoms with Gasteiger partial charge in [-0.3, -0.25) is 9.88 Å². The van der Waals surface area contributed by atoms with Crippen molar-refractivity contribution in [3.05, 3.63) is 42.4 Å². The summed E-state index contributed by atoms with van der Waals surface area (Å²) in [6.45, 7) is 6.60. The predicted octanol–water partition coefficient (Wildman–Crippen LogP) is 3.22. The van der Waals surface area contributed by atoms with E-state index in [1.54, 1.807) is 24.0 Å². The lowest BCUT2D eigenvalue weighted by molar-refractivity contribution is 0.0893. The minimum absolute atomic E-state index is 0.0589. The van der Waals surface area contributed by atoms with E-state index < -0.39 is 0 Å². The van der Waals surface area contributed by atoms with E-state index in [1.165, 1.54) is 0 Å². The number of pyridine rings is 1. The zero-order valence-corrected chi connectivity index (χ0v) is 16.4. The lowest BCUT2D eigenvalue weighted by atomic mass is 10.1. The van der Waals surface area contributed by atoms with Gasteiger partial charge in [-0.05, 0) is 24.1 Å². The van der Waals surface area contributed by atoms with Gasteiger partial charge >= 0.3 is 0 Å². The van der Waals surface area contributed by atoms with E-state index in [9.17, 15) is 5.26 Å². The second-order valence-corrected chi connectivity index (χ2v) is 8.06. The molecule has 28 heavy (non-hydrogen) atoms. The minimum atomic E-state index is -0.0589. The number of thioether (sulfide) groups is 1. The van der Waals surface area contributed by atoms with Gasteiger partial charge < -0.3 is 14.0 Å². The van der Waals surface area contributed by atoms with Crippen LogP contribution in [0, 0.1) is 11.3 Å². The molecule has 4 heterocycles. The van der Waals surface area contributed by atoms with Crippen LogP contribution in [0.25, 0.3) is 0 Å². The van der Waals surface area contributed by atoms with Crippen LogP contribution in [0.2, 0.25) is 0 Å². The van der Waals surface area contributed by atoms with Crippen molar-refractivity contribution in [2.24, 2.45) is 0 Å². The number of nitrogens with zero attached hydrogens (tertiary/aromatic N) is 4. The number of aromatic nitrogens is 2. The molecule has 0 saturated carbocycles. The first kappa shape index (κ1) is 18.8. The number of fused-ring (bicyclic) bond motifs is 1. The maximum atomic E-state index is 9.18. The quantitative estimate of drug-likeness (QED) is 0.658. The van der Waals surface area contributed by atoms with Crippen LogP contribution in [-0.2, 0) is 13.0 Å². The Hall–Kier alpha value is -2.50. The number of hydrogen-bond acceptors (Lipinski definition) is 8. The highest BCUT2D eigenvalue weighted by molar-refractivity contribution is 8.00. The highest BCUT2D eigenvalue weighted by Gasteiger charge is 2.28. The zero-order chi connectivity index (χ0) is 19.3. The monoisotopic (exact) mass is 398 g/mol. The largest absolute Gasteiger partial charge is 0.489 e. The molecule has 2 aromatic rings.